The molecule has 0 saturated heterocycles. The second kappa shape index (κ2) is 6.81. The number of hydrogen-bond acceptors (Lipinski definition) is 7. The van der Waals surface area contributed by atoms with E-state index in [1.807, 2.05) is 6.92 Å². The highest BCUT2D eigenvalue weighted by atomic mass is 32.1. The van der Waals surface area contributed by atoms with Gasteiger partial charge in [0.25, 0.3) is 0 Å². The molecule has 0 fully saturated rings. The van der Waals surface area contributed by atoms with Gasteiger partial charge in [-0.1, -0.05) is 17.4 Å². The number of nitrogens with one attached hydrogen (secondary N) is 1. The SMILES string of the molecule is COc1ccc2oc(=O)c(-c3nnc(Nc4cc(F)ccc4C)s3)cc2c1. The lowest BCUT2D eigenvalue weighted by molar-refractivity contribution is 0.415. The van der Waals surface area contributed by atoms with E-state index < -0.39 is 5.63 Å². The summed E-state index contributed by atoms with van der Waals surface area (Å²) in [4.78, 5) is 12.3. The van der Waals surface area contributed by atoms with Crippen molar-refractivity contribution in [1.29, 1.82) is 0 Å². The molecule has 0 spiro atoms. The van der Waals surface area contributed by atoms with Crippen LogP contribution in [0.1, 0.15) is 5.56 Å². The number of nitrogens with zero attached hydrogens (tertiary/aromatic N) is 2. The quantitative estimate of drug-likeness (QED) is 0.523. The first kappa shape index (κ1) is 17.2. The van der Waals surface area contributed by atoms with E-state index in [0.717, 1.165) is 10.9 Å². The summed E-state index contributed by atoms with van der Waals surface area (Å²) in [6.45, 7) is 1.86. The molecule has 2 aromatic heterocycles. The van der Waals surface area contributed by atoms with Gasteiger partial charge in [0.1, 0.15) is 17.1 Å². The van der Waals surface area contributed by atoms with E-state index in [-0.39, 0.29) is 5.82 Å². The van der Waals surface area contributed by atoms with Crippen LogP contribution in [0.4, 0.5) is 15.2 Å². The summed E-state index contributed by atoms with van der Waals surface area (Å²) in [5.74, 6) is 0.306. The number of rotatable bonds is 4. The van der Waals surface area contributed by atoms with Crippen LogP contribution < -0.4 is 15.7 Å². The third-order valence-electron chi connectivity index (χ3n) is 4.04. The number of benzene rings is 2. The Morgan fingerprint density at radius 1 is 1.15 bits per heavy atom. The van der Waals surface area contributed by atoms with Crippen LogP contribution in [0.15, 0.2) is 51.7 Å². The Kier molecular flexibility index (Phi) is 4.33. The number of ether oxygens (including phenoxy) is 1. The van der Waals surface area contributed by atoms with E-state index in [2.05, 4.69) is 15.5 Å². The van der Waals surface area contributed by atoms with E-state index in [0.29, 0.717) is 32.7 Å². The normalized spacial score (nSPS) is 10.9. The molecule has 0 atom stereocenters. The summed E-state index contributed by atoms with van der Waals surface area (Å²) in [7, 11) is 1.57. The van der Waals surface area contributed by atoms with Gasteiger partial charge in [0.05, 0.1) is 12.7 Å². The zero-order valence-corrected chi connectivity index (χ0v) is 15.3. The number of methoxy groups -OCH3 is 1. The molecule has 8 heteroatoms. The van der Waals surface area contributed by atoms with E-state index in [1.165, 1.54) is 23.5 Å². The van der Waals surface area contributed by atoms with Gasteiger partial charge >= 0.3 is 5.63 Å². The first-order chi connectivity index (χ1) is 13.0. The largest absolute Gasteiger partial charge is 0.497 e. The standard InChI is InChI=1S/C19H14FN3O3S/c1-10-3-4-12(20)9-15(10)21-19-23-22-17(27-19)14-8-11-7-13(25-2)5-6-16(11)26-18(14)24/h3-9H,1-2H3,(H,21,23). The monoisotopic (exact) mass is 383 g/mol. The lowest BCUT2D eigenvalue weighted by atomic mass is 10.2. The molecule has 0 aliphatic carbocycles. The summed E-state index contributed by atoms with van der Waals surface area (Å²) in [6.07, 6.45) is 0. The highest BCUT2D eigenvalue weighted by Crippen LogP contribution is 2.30. The predicted molar refractivity (Wildman–Crippen MR) is 102 cm³/mol. The van der Waals surface area contributed by atoms with Gasteiger partial charge in [-0.25, -0.2) is 9.18 Å². The molecule has 0 unspecified atom stereocenters. The van der Waals surface area contributed by atoms with Crippen LogP contribution in [0, 0.1) is 12.7 Å². The van der Waals surface area contributed by atoms with Crippen molar-refractivity contribution in [3.63, 3.8) is 0 Å². The third-order valence-corrected chi connectivity index (χ3v) is 4.91. The lowest BCUT2D eigenvalue weighted by Crippen LogP contribution is -2.02. The van der Waals surface area contributed by atoms with Gasteiger partial charge in [-0.3, -0.25) is 0 Å². The predicted octanol–water partition coefficient (Wildman–Crippen LogP) is 4.51. The van der Waals surface area contributed by atoms with Gasteiger partial charge in [0.2, 0.25) is 5.13 Å². The lowest BCUT2D eigenvalue weighted by Gasteiger charge is -2.05. The fourth-order valence-electron chi connectivity index (χ4n) is 2.60. The van der Waals surface area contributed by atoms with E-state index >= 15 is 0 Å². The second-order valence-corrected chi connectivity index (χ2v) is 6.83. The number of aromatic nitrogens is 2. The zero-order chi connectivity index (χ0) is 19.0. The van der Waals surface area contributed by atoms with Crippen LogP contribution in [0.5, 0.6) is 5.75 Å². The second-order valence-electron chi connectivity index (χ2n) is 5.85. The smallest absolute Gasteiger partial charge is 0.346 e. The van der Waals surface area contributed by atoms with Crippen LogP contribution >= 0.6 is 11.3 Å². The molecular formula is C19H14FN3O3S. The molecule has 0 bridgehead atoms. The first-order valence-corrected chi connectivity index (χ1v) is 8.84. The van der Waals surface area contributed by atoms with Crippen molar-refractivity contribution in [2.45, 2.75) is 6.92 Å². The van der Waals surface area contributed by atoms with E-state index in [4.69, 9.17) is 9.15 Å². The van der Waals surface area contributed by atoms with Crippen molar-refractivity contribution in [3.8, 4) is 16.3 Å². The molecule has 1 N–H and O–H groups in total. The molecule has 0 radical (unpaired) electrons. The third kappa shape index (κ3) is 3.39. The van der Waals surface area contributed by atoms with Crippen molar-refractivity contribution in [1.82, 2.24) is 10.2 Å². The van der Waals surface area contributed by atoms with Crippen LogP contribution in [0.3, 0.4) is 0 Å². The minimum absolute atomic E-state index is 0.303. The number of fused-ring (bicyclic) bond motifs is 1. The van der Waals surface area contributed by atoms with Crippen molar-refractivity contribution >= 4 is 33.1 Å². The van der Waals surface area contributed by atoms with E-state index in [9.17, 15) is 9.18 Å². The van der Waals surface area contributed by atoms with Gasteiger partial charge in [-0.15, -0.1) is 10.2 Å². The average molecular weight is 383 g/mol. The van der Waals surface area contributed by atoms with Crippen LogP contribution in [0.25, 0.3) is 21.5 Å². The molecule has 6 nitrogen and oxygen atoms in total. The van der Waals surface area contributed by atoms with Gasteiger partial charge < -0.3 is 14.5 Å². The number of halogens is 1. The van der Waals surface area contributed by atoms with Gasteiger partial charge in [0, 0.05) is 11.1 Å². The van der Waals surface area contributed by atoms with Crippen molar-refractivity contribution in [3.05, 3.63) is 64.3 Å². The van der Waals surface area contributed by atoms with Crippen LogP contribution in [-0.2, 0) is 0 Å². The van der Waals surface area contributed by atoms with Crippen molar-refractivity contribution < 1.29 is 13.5 Å². The molecule has 0 saturated carbocycles. The first-order valence-electron chi connectivity index (χ1n) is 8.02. The fourth-order valence-corrected chi connectivity index (χ4v) is 3.36. The van der Waals surface area contributed by atoms with E-state index in [1.54, 1.807) is 37.4 Å². The zero-order valence-electron chi connectivity index (χ0n) is 14.4. The van der Waals surface area contributed by atoms with Gasteiger partial charge in [-0.05, 0) is 48.9 Å². The molecule has 4 rings (SSSR count). The maximum atomic E-state index is 13.4. The summed E-state index contributed by atoms with van der Waals surface area (Å²) in [5, 5.41) is 12.7. The van der Waals surface area contributed by atoms with Crippen molar-refractivity contribution in [2.24, 2.45) is 0 Å². The Labute approximate surface area is 157 Å². The van der Waals surface area contributed by atoms with Gasteiger partial charge in [-0.2, -0.15) is 0 Å². The molecule has 0 aliphatic rings. The summed E-state index contributed by atoms with van der Waals surface area (Å²) >= 11 is 1.18. The number of aryl methyl sites for hydroxylation is 1. The summed E-state index contributed by atoms with van der Waals surface area (Å²) in [5.41, 5.74) is 1.72. The molecule has 4 aromatic rings. The molecule has 136 valence electrons. The van der Waals surface area contributed by atoms with Crippen LogP contribution in [-0.4, -0.2) is 17.3 Å². The molecule has 0 amide bonds. The Morgan fingerprint density at radius 3 is 2.81 bits per heavy atom. The summed E-state index contributed by atoms with van der Waals surface area (Å²) < 4.78 is 24.0. The molecular weight excluding hydrogens is 369 g/mol. The fraction of sp³-hybridized carbons (Fsp3) is 0.105. The highest BCUT2D eigenvalue weighted by Gasteiger charge is 2.14. The molecule has 2 heterocycles. The maximum absolute atomic E-state index is 13.4. The summed E-state index contributed by atoms with van der Waals surface area (Å²) in [6, 6.07) is 11.3. The average Bonchev–Trinajstić information content (AvgIpc) is 3.12. The molecule has 27 heavy (non-hydrogen) atoms. The Morgan fingerprint density at radius 2 is 2.00 bits per heavy atom. The van der Waals surface area contributed by atoms with Crippen molar-refractivity contribution in [2.75, 3.05) is 12.4 Å². The highest BCUT2D eigenvalue weighted by molar-refractivity contribution is 7.18. The Bertz CT molecular complexity index is 1200. The topological polar surface area (TPSA) is 77.2 Å². The minimum atomic E-state index is -0.502. The maximum Gasteiger partial charge on any atom is 0.346 e. The van der Waals surface area contributed by atoms with Crippen LogP contribution in [0.2, 0.25) is 0 Å². The Hall–Kier alpha value is -3.26. The number of anilines is 2. The Balaban J connectivity index is 1.71. The number of hydrogen-bond donors (Lipinski definition) is 1. The molecule has 0 aliphatic heterocycles. The minimum Gasteiger partial charge on any atom is -0.497 e. The molecule has 2 aromatic carbocycles. The van der Waals surface area contributed by atoms with Gasteiger partial charge in [0.15, 0.2) is 5.01 Å².